The monoisotopic (exact) mass is 265 g/mol. The van der Waals surface area contributed by atoms with Crippen molar-refractivity contribution in [1.29, 1.82) is 0 Å². The summed E-state index contributed by atoms with van der Waals surface area (Å²) in [5.74, 6) is 0.834. The molecule has 0 aliphatic heterocycles. The minimum atomic E-state index is 0.497. The first-order chi connectivity index (χ1) is 9.31. The number of hydrogen-bond donors (Lipinski definition) is 1. The first-order valence-corrected chi connectivity index (χ1v) is 8.41. The third kappa shape index (κ3) is 4.39. The van der Waals surface area contributed by atoms with Gasteiger partial charge in [-0.1, -0.05) is 45.4 Å². The second-order valence-corrected chi connectivity index (χ2v) is 6.26. The number of aliphatic imine (C=N–C) groups is 1. The summed E-state index contributed by atoms with van der Waals surface area (Å²) in [7, 11) is 0. The molecule has 0 heterocycles. The van der Waals surface area contributed by atoms with E-state index in [0.717, 1.165) is 18.9 Å². The first kappa shape index (κ1) is 14.7. The second kappa shape index (κ2) is 7.76. The van der Waals surface area contributed by atoms with Crippen LogP contribution in [0.2, 0.25) is 0 Å². The highest BCUT2D eigenvalue weighted by molar-refractivity contribution is 5.78. The van der Waals surface area contributed by atoms with Gasteiger partial charge in [-0.15, -0.1) is 0 Å². The quantitative estimate of drug-likeness (QED) is 0.622. The average molecular weight is 265 g/mol. The maximum Gasteiger partial charge on any atom is 0.191 e. The van der Waals surface area contributed by atoms with Crippen molar-refractivity contribution in [1.82, 2.24) is 4.90 Å². The molecule has 0 aromatic rings. The van der Waals surface area contributed by atoms with Crippen molar-refractivity contribution in [2.24, 2.45) is 10.7 Å². The maximum absolute atomic E-state index is 6.34. The van der Waals surface area contributed by atoms with E-state index < -0.39 is 0 Å². The standard InChI is InChI=1S/C16H31N3/c1-2-13-19(15-11-7-4-8-12-15)16(17)18-14-9-5-3-6-10-14/h14-15H,2-13H2,1H3,(H2,17,18). The van der Waals surface area contributed by atoms with Crippen LogP contribution in [0.5, 0.6) is 0 Å². The first-order valence-electron chi connectivity index (χ1n) is 8.41. The molecule has 0 aromatic heterocycles. The van der Waals surface area contributed by atoms with Crippen molar-refractivity contribution in [3.63, 3.8) is 0 Å². The lowest BCUT2D eigenvalue weighted by molar-refractivity contribution is 0.239. The van der Waals surface area contributed by atoms with Gasteiger partial charge in [0.25, 0.3) is 0 Å². The molecule has 2 aliphatic rings. The van der Waals surface area contributed by atoms with Crippen LogP contribution in [0, 0.1) is 0 Å². The molecule has 0 aromatic carbocycles. The number of nitrogens with zero attached hydrogens (tertiary/aromatic N) is 2. The maximum atomic E-state index is 6.34. The predicted octanol–water partition coefficient (Wildman–Crippen LogP) is 3.68. The Kier molecular flexibility index (Phi) is 5.99. The Hall–Kier alpha value is -0.730. The van der Waals surface area contributed by atoms with Gasteiger partial charge in [0.2, 0.25) is 0 Å². The van der Waals surface area contributed by atoms with Crippen molar-refractivity contribution < 1.29 is 0 Å². The smallest absolute Gasteiger partial charge is 0.191 e. The second-order valence-electron chi connectivity index (χ2n) is 6.26. The van der Waals surface area contributed by atoms with E-state index >= 15 is 0 Å². The molecule has 3 heteroatoms. The van der Waals surface area contributed by atoms with Gasteiger partial charge < -0.3 is 10.6 Å². The summed E-state index contributed by atoms with van der Waals surface area (Å²) in [6.45, 7) is 3.32. The molecule has 0 unspecified atom stereocenters. The molecule has 0 saturated heterocycles. The highest BCUT2D eigenvalue weighted by atomic mass is 15.3. The summed E-state index contributed by atoms with van der Waals surface area (Å²) in [5.41, 5.74) is 6.34. The molecule has 2 saturated carbocycles. The molecule has 0 bridgehead atoms. The molecule has 2 N–H and O–H groups in total. The van der Waals surface area contributed by atoms with E-state index in [9.17, 15) is 0 Å². The minimum absolute atomic E-state index is 0.497. The Morgan fingerprint density at radius 3 is 2.16 bits per heavy atom. The Bertz CT molecular complexity index is 276. The van der Waals surface area contributed by atoms with Crippen LogP contribution in [0.1, 0.15) is 77.6 Å². The van der Waals surface area contributed by atoms with Crippen molar-refractivity contribution >= 4 is 5.96 Å². The molecule has 3 nitrogen and oxygen atoms in total. The lowest BCUT2D eigenvalue weighted by Gasteiger charge is -2.35. The van der Waals surface area contributed by atoms with Gasteiger partial charge in [0.1, 0.15) is 0 Å². The lowest BCUT2D eigenvalue weighted by atomic mass is 9.94. The molecule has 19 heavy (non-hydrogen) atoms. The lowest BCUT2D eigenvalue weighted by Crippen LogP contribution is -2.46. The van der Waals surface area contributed by atoms with Crippen LogP contribution in [0.25, 0.3) is 0 Å². The number of nitrogens with two attached hydrogens (primary N) is 1. The average Bonchev–Trinajstić information content (AvgIpc) is 2.46. The molecular weight excluding hydrogens is 234 g/mol. The van der Waals surface area contributed by atoms with E-state index in [2.05, 4.69) is 11.8 Å². The van der Waals surface area contributed by atoms with E-state index in [4.69, 9.17) is 10.7 Å². The van der Waals surface area contributed by atoms with E-state index in [1.54, 1.807) is 0 Å². The Morgan fingerprint density at radius 1 is 1.00 bits per heavy atom. The summed E-state index contributed by atoms with van der Waals surface area (Å²) in [5, 5.41) is 0. The van der Waals surface area contributed by atoms with Crippen molar-refractivity contribution in [2.45, 2.75) is 89.6 Å². The number of guanidine groups is 1. The van der Waals surface area contributed by atoms with Crippen molar-refractivity contribution in [3.05, 3.63) is 0 Å². The topological polar surface area (TPSA) is 41.6 Å². The van der Waals surface area contributed by atoms with Crippen molar-refractivity contribution in [3.8, 4) is 0 Å². The molecule has 0 amide bonds. The van der Waals surface area contributed by atoms with Crippen LogP contribution in [0.15, 0.2) is 4.99 Å². The van der Waals surface area contributed by atoms with Crippen LogP contribution in [-0.4, -0.2) is 29.5 Å². The summed E-state index contributed by atoms with van der Waals surface area (Å²) < 4.78 is 0. The van der Waals surface area contributed by atoms with Gasteiger partial charge in [-0.2, -0.15) is 0 Å². The summed E-state index contributed by atoms with van der Waals surface area (Å²) in [4.78, 5) is 7.26. The van der Waals surface area contributed by atoms with Gasteiger partial charge in [0.05, 0.1) is 6.04 Å². The highest BCUT2D eigenvalue weighted by Gasteiger charge is 2.23. The fraction of sp³-hybridized carbons (Fsp3) is 0.938. The Morgan fingerprint density at radius 2 is 1.58 bits per heavy atom. The zero-order chi connectivity index (χ0) is 13.5. The summed E-state index contributed by atoms with van der Waals surface area (Å²) >= 11 is 0. The molecular formula is C16H31N3. The molecule has 110 valence electrons. The fourth-order valence-electron chi connectivity index (χ4n) is 3.59. The van der Waals surface area contributed by atoms with Crippen LogP contribution < -0.4 is 5.73 Å². The molecule has 0 radical (unpaired) electrons. The van der Waals surface area contributed by atoms with Crippen LogP contribution >= 0.6 is 0 Å². The normalized spacial score (nSPS) is 23.5. The van der Waals surface area contributed by atoms with Gasteiger partial charge in [-0.25, -0.2) is 4.99 Å². The molecule has 2 fully saturated rings. The summed E-state index contributed by atoms with van der Waals surface area (Å²) in [6, 6.07) is 1.15. The molecule has 2 aliphatic carbocycles. The van der Waals surface area contributed by atoms with Gasteiger partial charge >= 0.3 is 0 Å². The third-order valence-corrected chi connectivity index (χ3v) is 4.66. The molecule has 2 rings (SSSR count). The van der Waals surface area contributed by atoms with E-state index in [-0.39, 0.29) is 0 Å². The van der Waals surface area contributed by atoms with E-state index in [1.807, 2.05) is 0 Å². The molecule has 0 atom stereocenters. The summed E-state index contributed by atoms with van der Waals surface area (Å²) in [6.07, 6.45) is 14.4. The fourth-order valence-corrected chi connectivity index (χ4v) is 3.59. The number of hydrogen-bond acceptors (Lipinski definition) is 1. The van der Waals surface area contributed by atoms with Gasteiger partial charge in [0.15, 0.2) is 5.96 Å². The van der Waals surface area contributed by atoms with Crippen LogP contribution in [0.4, 0.5) is 0 Å². The zero-order valence-electron chi connectivity index (χ0n) is 12.6. The van der Waals surface area contributed by atoms with E-state index in [1.165, 1.54) is 64.2 Å². The highest BCUT2D eigenvalue weighted by Crippen LogP contribution is 2.24. The van der Waals surface area contributed by atoms with Gasteiger partial charge in [-0.05, 0) is 32.1 Å². The van der Waals surface area contributed by atoms with Gasteiger partial charge in [0, 0.05) is 12.6 Å². The van der Waals surface area contributed by atoms with Gasteiger partial charge in [-0.3, -0.25) is 0 Å². The SMILES string of the molecule is CCCN(C(N)=NC1CCCCC1)C1CCCCC1. The largest absolute Gasteiger partial charge is 0.370 e. The third-order valence-electron chi connectivity index (χ3n) is 4.66. The van der Waals surface area contributed by atoms with E-state index in [0.29, 0.717) is 12.1 Å². The van der Waals surface area contributed by atoms with Crippen LogP contribution in [-0.2, 0) is 0 Å². The predicted molar refractivity (Wildman–Crippen MR) is 82.4 cm³/mol. The number of rotatable bonds is 4. The minimum Gasteiger partial charge on any atom is -0.370 e. The zero-order valence-corrected chi connectivity index (χ0v) is 12.6. The van der Waals surface area contributed by atoms with Crippen molar-refractivity contribution in [2.75, 3.05) is 6.54 Å². The molecule has 0 spiro atoms. The van der Waals surface area contributed by atoms with Crippen LogP contribution in [0.3, 0.4) is 0 Å². The Labute approximate surface area is 118 Å². The Balaban J connectivity index is 1.97.